The monoisotopic (exact) mass is 408 g/mol. The molecule has 1 saturated heterocycles. The third-order valence-corrected chi connectivity index (χ3v) is 5.84. The summed E-state index contributed by atoms with van der Waals surface area (Å²) in [5.41, 5.74) is 3.16. The quantitative estimate of drug-likeness (QED) is 0.704. The Hall–Kier alpha value is -2.82. The molecule has 0 bridgehead atoms. The molecule has 2 aromatic carbocycles. The second-order valence-electron chi connectivity index (χ2n) is 7.98. The minimum absolute atomic E-state index is 0.0134. The number of para-hydroxylation sites is 1. The maximum absolute atomic E-state index is 13.3. The van der Waals surface area contributed by atoms with Crippen LogP contribution in [0.2, 0.25) is 0 Å². The minimum Gasteiger partial charge on any atom is -0.496 e. The van der Waals surface area contributed by atoms with Gasteiger partial charge in [0.25, 0.3) is 0 Å². The van der Waals surface area contributed by atoms with E-state index in [9.17, 15) is 9.59 Å². The van der Waals surface area contributed by atoms with Gasteiger partial charge in [0.15, 0.2) is 0 Å². The van der Waals surface area contributed by atoms with Crippen molar-refractivity contribution in [2.75, 3.05) is 13.7 Å². The molecule has 0 saturated carbocycles. The molecular formula is C25H32N2O3. The number of hydrogen-bond acceptors (Lipinski definition) is 3. The number of likely N-dealkylation sites (tertiary alicyclic amines) is 1. The number of benzene rings is 2. The summed E-state index contributed by atoms with van der Waals surface area (Å²) in [5.74, 6) is 0.513. The van der Waals surface area contributed by atoms with Crippen LogP contribution in [-0.4, -0.2) is 30.4 Å². The van der Waals surface area contributed by atoms with Crippen molar-refractivity contribution in [3.8, 4) is 5.75 Å². The number of aryl methyl sites for hydroxylation is 1. The van der Waals surface area contributed by atoms with Gasteiger partial charge in [-0.25, -0.2) is 0 Å². The number of hydrogen-bond donors (Lipinski definition) is 1. The van der Waals surface area contributed by atoms with E-state index in [2.05, 4.69) is 12.2 Å². The van der Waals surface area contributed by atoms with Crippen LogP contribution in [-0.2, 0) is 16.1 Å². The van der Waals surface area contributed by atoms with Gasteiger partial charge in [-0.15, -0.1) is 0 Å². The minimum atomic E-state index is -0.313. The first-order valence-corrected chi connectivity index (χ1v) is 10.8. The number of methoxy groups -OCH3 is 1. The summed E-state index contributed by atoms with van der Waals surface area (Å²) in [6.07, 6.45) is 2.85. The fourth-order valence-electron chi connectivity index (χ4n) is 4.14. The topological polar surface area (TPSA) is 58.6 Å². The number of piperidine rings is 1. The summed E-state index contributed by atoms with van der Waals surface area (Å²) in [6.45, 7) is 5.29. The molecule has 5 nitrogen and oxygen atoms in total. The van der Waals surface area contributed by atoms with Gasteiger partial charge in [-0.3, -0.25) is 9.59 Å². The summed E-state index contributed by atoms with van der Waals surface area (Å²) in [7, 11) is 1.63. The molecule has 1 aliphatic heterocycles. The Kier molecular flexibility index (Phi) is 7.50. The number of carbonyl (C=O) groups is 2. The Bertz CT molecular complexity index is 863. The van der Waals surface area contributed by atoms with Crippen molar-refractivity contribution in [1.82, 2.24) is 10.2 Å². The van der Waals surface area contributed by atoms with Gasteiger partial charge in [-0.2, -0.15) is 0 Å². The smallest absolute Gasteiger partial charge is 0.225 e. The van der Waals surface area contributed by atoms with Gasteiger partial charge < -0.3 is 15.0 Å². The van der Waals surface area contributed by atoms with Gasteiger partial charge in [-0.1, -0.05) is 61.4 Å². The largest absolute Gasteiger partial charge is 0.496 e. The summed E-state index contributed by atoms with van der Waals surface area (Å²) in [4.78, 5) is 28.0. The Labute approximate surface area is 179 Å². The van der Waals surface area contributed by atoms with Crippen LogP contribution in [0.4, 0.5) is 0 Å². The highest BCUT2D eigenvalue weighted by atomic mass is 16.5. The number of amides is 2. The third-order valence-electron chi connectivity index (χ3n) is 5.84. The van der Waals surface area contributed by atoms with Crippen molar-refractivity contribution in [2.24, 2.45) is 5.92 Å². The summed E-state index contributed by atoms with van der Waals surface area (Å²) < 4.78 is 5.59. The standard InChI is InChI=1S/C25H32N2O3/c1-4-5-16-27-23(28)15-14-21(24(27)20-8-6-7-9-22(20)30-3)25(29)26-17-19-12-10-18(2)11-13-19/h6-13,21,24H,4-5,14-17H2,1-3H3,(H,26,29)/t21-,24-/m0/s1. The fourth-order valence-corrected chi connectivity index (χ4v) is 4.14. The molecule has 2 aromatic rings. The van der Waals surface area contributed by atoms with Gasteiger partial charge in [0.2, 0.25) is 11.8 Å². The molecule has 5 heteroatoms. The van der Waals surface area contributed by atoms with Crippen molar-refractivity contribution >= 4 is 11.8 Å². The molecule has 0 spiro atoms. The first kappa shape index (κ1) is 21.9. The average Bonchev–Trinajstić information content (AvgIpc) is 2.77. The van der Waals surface area contributed by atoms with Gasteiger partial charge in [-0.05, 0) is 31.4 Å². The van der Waals surface area contributed by atoms with Crippen molar-refractivity contribution in [1.29, 1.82) is 0 Å². The van der Waals surface area contributed by atoms with Crippen LogP contribution in [0.5, 0.6) is 5.75 Å². The molecule has 0 unspecified atom stereocenters. The zero-order valence-electron chi connectivity index (χ0n) is 18.2. The molecule has 0 aromatic heterocycles. The van der Waals surface area contributed by atoms with E-state index < -0.39 is 0 Å². The Morgan fingerprint density at radius 2 is 1.90 bits per heavy atom. The lowest BCUT2D eigenvalue weighted by Crippen LogP contribution is -2.48. The van der Waals surface area contributed by atoms with Crippen LogP contribution < -0.4 is 10.1 Å². The number of unbranched alkanes of at least 4 members (excludes halogenated alkanes) is 1. The van der Waals surface area contributed by atoms with Gasteiger partial charge >= 0.3 is 0 Å². The Morgan fingerprint density at radius 1 is 1.17 bits per heavy atom. The Balaban J connectivity index is 1.86. The lowest BCUT2D eigenvalue weighted by atomic mass is 9.83. The van der Waals surface area contributed by atoms with Gasteiger partial charge in [0.05, 0.1) is 19.1 Å². The van der Waals surface area contributed by atoms with E-state index in [1.165, 1.54) is 5.56 Å². The number of carbonyl (C=O) groups excluding carboxylic acids is 2. The molecule has 2 amide bonds. The van der Waals surface area contributed by atoms with Crippen LogP contribution in [0.15, 0.2) is 48.5 Å². The van der Waals surface area contributed by atoms with Crippen LogP contribution in [0.1, 0.15) is 55.3 Å². The number of nitrogens with one attached hydrogen (secondary N) is 1. The SMILES string of the molecule is CCCCN1C(=O)CC[C@H](C(=O)NCc2ccc(C)cc2)[C@@H]1c1ccccc1OC. The first-order valence-electron chi connectivity index (χ1n) is 10.8. The molecule has 2 atom stereocenters. The molecular weight excluding hydrogens is 376 g/mol. The van der Waals surface area contributed by atoms with Gasteiger partial charge in [0.1, 0.15) is 5.75 Å². The van der Waals surface area contributed by atoms with Crippen molar-refractivity contribution in [3.05, 3.63) is 65.2 Å². The zero-order chi connectivity index (χ0) is 21.5. The van der Waals surface area contributed by atoms with Crippen molar-refractivity contribution < 1.29 is 14.3 Å². The zero-order valence-corrected chi connectivity index (χ0v) is 18.2. The predicted octanol–water partition coefficient (Wildman–Crippen LogP) is 4.40. The average molecular weight is 409 g/mol. The van der Waals surface area contributed by atoms with Crippen molar-refractivity contribution in [3.63, 3.8) is 0 Å². The first-order chi connectivity index (χ1) is 14.5. The van der Waals surface area contributed by atoms with Crippen LogP contribution in [0, 0.1) is 12.8 Å². The molecule has 160 valence electrons. The van der Waals surface area contributed by atoms with Crippen molar-refractivity contribution in [2.45, 2.75) is 52.1 Å². The number of ether oxygens (including phenoxy) is 1. The van der Waals surface area contributed by atoms with E-state index >= 15 is 0 Å². The van der Waals surface area contributed by atoms with E-state index in [1.807, 2.05) is 60.4 Å². The predicted molar refractivity (Wildman–Crippen MR) is 118 cm³/mol. The highest BCUT2D eigenvalue weighted by Gasteiger charge is 2.41. The molecule has 1 N–H and O–H groups in total. The summed E-state index contributed by atoms with van der Waals surface area (Å²) in [5, 5.41) is 3.10. The molecule has 1 fully saturated rings. The van der Waals surface area contributed by atoms with E-state index in [4.69, 9.17) is 4.74 Å². The molecule has 3 rings (SSSR count). The molecule has 0 aliphatic carbocycles. The van der Waals surface area contributed by atoms with Crippen LogP contribution in [0.3, 0.4) is 0 Å². The summed E-state index contributed by atoms with van der Waals surface area (Å²) in [6, 6.07) is 15.6. The van der Waals surface area contributed by atoms with E-state index in [-0.39, 0.29) is 23.8 Å². The van der Waals surface area contributed by atoms with E-state index in [0.29, 0.717) is 25.9 Å². The maximum Gasteiger partial charge on any atom is 0.225 e. The maximum atomic E-state index is 13.3. The van der Waals surface area contributed by atoms with Crippen LogP contribution in [0.25, 0.3) is 0 Å². The molecule has 1 heterocycles. The van der Waals surface area contributed by atoms with Crippen LogP contribution >= 0.6 is 0 Å². The highest BCUT2D eigenvalue weighted by Crippen LogP contribution is 2.40. The molecule has 1 aliphatic rings. The third kappa shape index (κ3) is 5.02. The van der Waals surface area contributed by atoms with E-state index in [0.717, 1.165) is 29.7 Å². The fraction of sp³-hybridized carbons (Fsp3) is 0.440. The lowest BCUT2D eigenvalue weighted by molar-refractivity contribution is -0.143. The second kappa shape index (κ2) is 10.3. The van der Waals surface area contributed by atoms with E-state index in [1.54, 1.807) is 7.11 Å². The summed E-state index contributed by atoms with van der Waals surface area (Å²) >= 11 is 0. The highest BCUT2D eigenvalue weighted by molar-refractivity contribution is 5.85. The molecule has 30 heavy (non-hydrogen) atoms. The normalized spacial score (nSPS) is 18.9. The second-order valence-corrected chi connectivity index (χ2v) is 7.98. The number of nitrogens with zero attached hydrogens (tertiary/aromatic N) is 1. The molecule has 0 radical (unpaired) electrons. The lowest BCUT2D eigenvalue weighted by Gasteiger charge is -2.41. The van der Waals surface area contributed by atoms with Gasteiger partial charge in [0, 0.05) is 25.1 Å². The number of rotatable bonds is 8. The Morgan fingerprint density at radius 3 is 2.60 bits per heavy atom.